The Labute approximate surface area is 108 Å². The van der Waals surface area contributed by atoms with Crippen molar-refractivity contribution in [3.63, 3.8) is 0 Å². The third-order valence-corrected chi connectivity index (χ3v) is 3.55. The normalized spacial score (nSPS) is 19.7. The summed E-state index contributed by atoms with van der Waals surface area (Å²) >= 11 is 0. The number of carboxylic acids is 1. The Morgan fingerprint density at radius 3 is 2.61 bits per heavy atom. The van der Waals surface area contributed by atoms with Gasteiger partial charge in [-0.3, -0.25) is 4.90 Å². The zero-order chi connectivity index (χ0) is 13.2. The van der Waals surface area contributed by atoms with Gasteiger partial charge in [0.15, 0.2) is 0 Å². The van der Waals surface area contributed by atoms with Crippen molar-refractivity contribution in [1.29, 1.82) is 0 Å². The van der Waals surface area contributed by atoms with Crippen LogP contribution >= 0.6 is 0 Å². The predicted octanol–water partition coefficient (Wildman–Crippen LogP) is 1.57. The van der Waals surface area contributed by atoms with Crippen molar-refractivity contribution in [2.45, 2.75) is 25.9 Å². The van der Waals surface area contributed by atoms with Crippen LogP contribution < -0.4 is 5.32 Å². The third kappa shape index (κ3) is 2.89. The summed E-state index contributed by atoms with van der Waals surface area (Å²) in [6.07, 6.45) is 0. The summed E-state index contributed by atoms with van der Waals surface area (Å²) in [5, 5.41) is 12.3. The second-order valence-electron chi connectivity index (χ2n) is 5.41. The molecule has 0 saturated carbocycles. The molecular formula is C14H20N2O2. The van der Waals surface area contributed by atoms with E-state index in [-0.39, 0.29) is 5.54 Å². The summed E-state index contributed by atoms with van der Waals surface area (Å²) in [7, 11) is 0. The Morgan fingerprint density at radius 1 is 1.39 bits per heavy atom. The van der Waals surface area contributed by atoms with Crippen molar-refractivity contribution < 1.29 is 9.90 Å². The van der Waals surface area contributed by atoms with Crippen LogP contribution in [0.5, 0.6) is 0 Å². The number of hydrogen-bond donors (Lipinski definition) is 2. The maximum absolute atomic E-state index is 10.8. The molecule has 1 aromatic rings. The van der Waals surface area contributed by atoms with Crippen LogP contribution in [-0.2, 0) is 6.54 Å². The van der Waals surface area contributed by atoms with Gasteiger partial charge in [-0.1, -0.05) is 12.1 Å². The Hall–Kier alpha value is -1.39. The van der Waals surface area contributed by atoms with Gasteiger partial charge in [-0.25, -0.2) is 4.79 Å². The first-order chi connectivity index (χ1) is 8.49. The largest absolute Gasteiger partial charge is 0.478 e. The van der Waals surface area contributed by atoms with Crippen molar-refractivity contribution >= 4 is 5.97 Å². The summed E-state index contributed by atoms with van der Waals surface area (Å²) < 4.78 is 0. The van der Waals surface area contributed by atoms with Gasteiger partial charge in [0.25, 0.3) is 0 Å². The first kappa shape index (κ1) is 13.1. The van der Waals surface area contributed by atoms with Crippen molar-refractivity contribution in [3.8, 4) is 0 Å². The lowest BCUT2D eigenvalue weighted by Crippen LogP contribution is -2.57. The number of carbonyl (C=O) groups is 1. The summed E-state index contributed by atoms with van der Waals surface area (Å²) in [5.41, 5.74) is 1.65. The number of benzene rings is 1. The van der Waals surface area contributed by atoms with Crippen LogP contribution in [0, 0.1) is 0 Å². The molecule has 1 fully saturated rings. The Kier molecular flexibility index (Phi) is 3.68. The molecule has 1 aliphatic rings. The van der Waals surface area contributed by atoms with Crippen LogP contribution in [0.4, 0.5) is 0 Å². The second kappa shape index (κ2) is 5.08. The minimum absolute atomic E-state index is 0.143. The Balaban J connectivity index is 2.06. The Morgan fingerprint density at radius 2 is 2.06 bits per heavy atom. The van der Waals surface area contributed by atoms with Gasteiger partial charge >= 0.3 is 5.97 Å². The molecule has 0 atom stereocenters. The molecule has 2 N–H and O–H groups in total. The standard InChI is InChI=1S/C14H20N2O2/c1-14(2)10-15-7-8-16(14)9-11-3-5-12(6-4-11)13(17)18/h3-6,15H,7-10H2,1-2H3,(H,17,18). The van der Waals surface area contributed by atoms with Crippen LogP contribution in [0.1, 0.15) is 29.8 Å². The molecule has 18 heavy (non-hydrogen) atoms. The average Bonchev–Trinajstić information content (AvgIpc) is 2.32. The summed E-state index contributed by atoms with van der Waals surface area (Å²) in [4.78, 5) is 13.2. The Bertz CT molecular complexity index is 426. The van der Waals surface area contributed by atoms with E-state index in [9.17, 15) is 4.79 Å². The van der Waals surface area contributed by atoms with Crippen LogP contribution in [-0.4, -0.2) is 41.1 Å². The molecule has 1 saturated heterocycles. The lowest BCUT2D eigenvalue weighted by molar-refractivity contribution is 0.0696. The lowest BCUT2D eigenvalue weighted by Gasteiger charge is -2.42. The van der Waals surface area contributed by atoms with Gasteiger partial charge in [-0.15, -0.1) is 0 Å². The molecule has 1 aliphatic heterocycles. The van der Waals surface area contributed by atoms with Gasteiger partial charge in [0.1, 0.15) is 0 Å². The number of hydrogen-bond acceptors (Lipinski definition) is 3. The summed E-state index contributed by atoms with van der Waals surface area (Å²) in [5.74, 6) is -0.871. The smallest absolute Gasteiger partial charge is 0.335 e. The van der Waals surface area contributed by atoms with Gasteiger partial charge in [0.2, 0.25) is 0 Å². The van der Waals surface area contributed by atoms with E-state index in [0.29, 0.717) is 5.56 Å². The minimum Gasteiger partial charge on any atom is -0.478 e. The molecule has 1 heterocycles. The maximum atomic E-state index is 10.8. The van der Waals surface area contributed by atoms with E-state index in [0.717, 1.165) is 31.7 Å². The number of piperazine rings is 1. The number of nitrogens with zero attached hydrogens (tertiary/aromatic N) is 1. The molecular weight excluding hydrogens is 228 g/mol. The SMILES string of the molecule is CC1(C)CNCCN1Cc1ccc(C(=O)O)cc1. The molecule has 1 aromatic carbocycles. The van der Waals surface area contributed by atoms with E-state index in [4.69, 9.17) is 5.11 Å². The molecule has 0 radical (unpaired) electrons. The predicted molar refractivity (Wildman–Crippen MR) is 70.8 cm³/mol. The van der Waals surface area contributed by atoms with Gasteiger partial charge in [0.05, 0.1) is 5.56 Å². The highest BCUT2D eigenvalue weighted by molar-refractivity contribution is 5.87. The molecule has 98 valence electrons. The number of rotatable bonds is 3. The van der Waals surface area contributed by atoms with Crippen molar-refractivity contribution in [2.24, 2.45) is 0 Å². The van der Waals surface area contributed by atoms with Crippen molar-refractivity contribution in [2.75, 3.05) is 19.6 Å². The molecule has 4 nitrogen and oxygen atoms in total. The molecule has 0 amide bonds. The summed E-state index contributed by atoms with van der Waals surface area (Å²) in [6.45, 7) is 8.34. The lowest BCUT2D eigenvalue weighted by atomic mass is 9.99. The molecule has 0 unspecified atom stereocenters. The van der Waals surface area contributed by atoms with Gasteiger partial charge < -0.3 is 10.4 Å². The maximum Gasteiger partial charge on any atom is 0.335 e. The minimum atomic E-state index is -0.871. The molecule has 0 bridgehead atoms. The molecule has 0 aromatic heterocycles. The zero-order valence-electron chi connectivity index (χ0n) is 10.9. The van der Waals surface area contributed by atoms with E-state index < -0.39 is 5.97 Å². The fourth-order valence-corrected chi connectivity index (χ4v) is 2.29. The zero-order valence-corrected chi connectivity index (χ0v) is 10.9. The monoisotopic (exact) mass is 248 g/mol. The average molecular weight is 248 g/mol. The van der Waals surface area contributed by atoms with Gasteiger partial charge in [0, 0.05) is 31.7 Å². The van der Waals surface area contributed by atoms with E-state index in [1.54, 1.807) is 12.1 Å². The van der Waals surface area contributed by atoms with E-state index >= 15 is 0 Å². The second-order valence-corrected chi connectivity index (χ2v) is 5.41. The number of aromatic carboxylic acids is 1. The van der Waals surface area contributed by atoms with Crippen LogP contribution in [0.15, 0.2) is 24.3 Å². The number of carboxylic acid groups (broad SMARTS) is 1. The topological polar surface area (TPSA) is 52.6 Å². The molecule has 0 aliphatic carbocycles. The van der Waals surface area contributed by atoms with Crippen molar-refractivity contribution in [1.82, 2.24) is 10.2 Å². The fourth-order valence-electron chi connectivity index (χ4n) is 2.29. The highest BCUT2D eigenvalue weighted by atomic mass is 16.4. The number of nitrogens with one attached hydrogen (secondary N) is 1. The summed E-state index contributed by atoms with van der Waals surface area (Å²) in [6, 6.07) is 7.16. The third-order valence-electron chi connectivity index (χ3n) is 3.55. The first-order valence-corrected chi connectivity index (χ1v) is 6.27. The molecule has 4 heteroatoms. The van der Waals surface area contributed by atoms with E-state index in [2.05, 4.69) is 24.1 Å². The quantitative estimate of drug-likeness (QED) is 0.852. The fraction of sp³-hybridized carbons (Fsp3) is 0.500. The van der Waals surface area contributed by atoms with E-state index in [1.165, 1.54) is 0 Å². The highest BCUT2D eigenvalue weighted by Gasteiger charge is 2.29. The highest BCUT2D eigenvalue weighted by Crippen LogP contribution is 2.19. The van der Waals surface area contributed by atoms with Crippen LogP contribution in [0.3, 0.4) is 0 Å². The van der Waals surface area contributed by atoms with Crippen LogP contribution in [0.2, 0.25) is 0 Å². The van der Waals surface area contributed by atoms with Gasteiger partial charge in [-0.2, -0.15) is 0 Å². The van der Waals surface area contributed by atoms with E-state index in [1.807, 2.05) is 12.1 Å². The first-order valence-electron chi connectivity index (χ1n) is 6.27. The van der Waals surface area contributed by atoms with Gasteiger partial charge in [-0.05, 0) is 31.5 Å². The van der Waals surface area contributed by atoms with Crippen LogP contribution in [0.25, 0.3) is 0 Å². The molecule has 0 spiro atoms. The van der Waals surface area contributed by atoms with Crippen molar-refractivity contribution in [3.05, 3.63) is 35.4 Å². The molecule has 2 rings (SSSR count).